The van der Waals surface area contributed by atoms with E-state index in [1.807, 2.05) is 18.2 Å². The molecule has 0 bridgehead atoms. The SMILES string of the molecule is N#Cc1ccc(OCC(=O)N/N=C\c2ccc(N3CCOCC3)s2)cc1. The highest BCUT2D eigenvalue weighted by molar-refractivity contribution is 7.17. The van der Waals surface area contributed by atoms with E-state index in [1.54, 1.807) is 41.8 Å². The van der Waals surface area contributed by atoms with Crippen LogP contribution < -0.4 is 15.1 Å². The Labute approximate surface area is 155 Å². The van der Waals surface area contributed by atoms with Crippen molar-refractivity contribution in [2.45, 2.75) is 0 Å². The summed E-state index contributed by atoms with van der Waals surface area (Å²) in [6.45, 7) is 3.13. The Morgan fingerprint density at radius 1 is 1.31 bits per heavy atom. The highest BCUT2D eigenvalue weighted by atomic mass is 32.1. The third-order valence-corrected chi connectivity index (χ3v) is 4.75. The van der Waals surface area contributed by atoms with Gasteiger partial charge in [0.1, 0.15) is 5.75 Å². The van der Waals surface area contributed by atoms with Crippen molar-refractivity contribution in [2.24, 2.45) is 5.10 Å². The van der Waals surface area contributed by atoms with Crippen LogP contribution in [0.25, 0.3) is 0 Å². The molecular weight excluding hydrogens is 352 g/mol. The second-order valence-corrected chi connectivity index (χ2v) is 6.59. The number of hydrogen-bond acceptors (Lipinski definition) is 7. The molecule has 7 nitrogen and oxygen atoms in total. The van der Waals surface area contributed by atoms with E-state index < -0.39 is 0 Å². The van der Waals surface area contributed by atoms with Crippen LogP contribution >= 0.6 is 11.3 Å². The molecule has 1 aliphatic heterocycles. The third-order valence-electron chi connectivity index (χ3n) is 3.67. The first-order valence-corrected chi connectivity index (χ1v) is 8.93. The van der Waals surface area contributed by atoms with Gasteiger partial charge in [-0.25, -0.2) is 5.43 Å². The van der Waals surface area contributed by atoms with Crippen molar-refractivity contribution in [3.8, 4) is 11.8 Å². The number of hydrazone groups is 1. The molecule has 0 atom stereocenters. The van der Waals surface area contributed by atoms with E-state index in [4.69, 9.17) is 14.7 Å². The van der Waals surface area contributed by atoms with E-state index >= 15 is 0 Å². The number of nitrogens with zero attached hydrogens (tertiary/aromatic N) is 3. The zero-order chi connectivity index (χ0) is 18.2. The summed E-state index contributed by atoms with van der Waals surface area (Å²) in [7, 11) is 0. The van der Waals surface area contributed by atoms with Gasteiger partial charge in [-0.15, -0.1) is 11.3 Å². The molecule has 1 N–H and O–H groups in total. The average Bonchev–Trinajstić information content (AvgIpc) is 3.16. The third kappa shape index (κ3) is 5.05. The van der Waals surface area contributed by atoms with Gasteiger partial charge in [0.2, 0.25) is 0 Å². The lowest BCUT2D eigenvalue weighted by Gasteiger charge is -2.27. The Kier molecular flexibility index (Phi) is 6.19. The van der Waals surface area contributed by atoms with Crippen molar-refractivity contribution in [3.05, 3.63) is 46.8 Å². The van der Waals surface area contributed by atoms with Crippen LogP contribution in [0.4, 0.5) is 5.00 Å². The van der Waals surface area contributed by atoms with Gasteiger partial charge >= 0.3 is 0 Å². The number of rotatable bonds is 6. The van der Waals surface area contributed by atoms with Crippen LogP contribution in [-0.2, 0) is 9.53 Å². The van der Waals surface area contributed by atoms with Gasteiger partial charge in [-0.2, -0.15) is 10.4 Å². The minimum Gasteiger partial charge on any atom is -0.484 e. The van der Waals surface area contributed by atoms with Gasteiger partial charge in [-0.3, -0.25) is 4.79 Å². The maximum absolute atomic E-state index is 11.8. The molecule has 0 aliphatic carbocycles. The molecule has 3 rings (SSSR count). The van der Waals surface area contributed by atoms with Crippen molar-refractivity contribution >= 4 is 28.5 Å². The van der Waals surface area contributed by atoms with Crippen molar-refractivity contribution in [3.63, 3.8) is 0 Å². The van der Waals surface area contributed by atoms with Gasteiger partial charge in [-0.05, 0) is 36.4 Å². The number of benzene rings is 1. The summed E-state index contributed by atoms with van der Waals surface area (Å²) in [5, 5.41) is 13.9. The standard InChI is InChI=1S/C18H18N4O3S/c19-11-14-1-3-15(4-2-14)25-13-17(23)21-20-12-16-5-6-18(26-16)22-7-9-24-10-8-22/h1-6,12H,7-10,13H2,(H,21,23)/b20-12-. The summed E-state index contributed by atoms with van der Waals surface area (Å²) in [6.07, 6.45) is 1.62. The van der Waals surface area contributed by atoms with E-state index in [2.05, 4.69) is 15.4 Å². The minimum absolute atomic E-state index is 0.146. The lowest BCUT2D eigenvalue weighted by molar-refractivity contribution is -0.123. The average molecular weight is 370 g/mol. The van der Waals surface area contributed by atoms with Gasteiger partial charge in [0.25, 0.3) is 5.91 Å². The number of anilines is 1. The van der Waals surface area contributed by atoms with Crippen LogP contribution in [0.15, 0.2) is 41.5 Å². The molecule has 1 fully saturated rings. The van der Waals surface area contributed by atoms with E-state index in [9.17, 15) is 4.79 Å². The number of ether oxygens (including phenoxy) is 2. The molecule has 1 aromatic heterocycles. The van der Waals surface area contributed by atoms with Crippen LogP contribution in [0.1, 0.15) is 10.4 Å². The van der Waals surface area contributed by atoms with Crippen molar-refractivity contribution < 1.29 is 14.3 Å². The van der Waals surface area contributed by atoms with E-state index in [0.29, 0.717) is 11.3 Å². The predicted octanol–water partition coefficient (Wildman–Crippen LogP) is 1.99. The Balaban J connectivity index is 1.43. The Morgan fingerprint density at radius 2 is 2.08 bits per heavy atom. The molecule has 0 radical (unpaired) electrons. The first-order chi connectivity index (χ1) is 12.7. The quantitative estimate of drug-likeness (QED) is 0.621. The molecule has 1 aromatic carbocycles. The van der Waals surface area contributed by atoms with Crippen molar-refractivity contribution in [2.75, 3.05) is 37.8 Å². The molecule has 134 valence electrons. The first kappa shape index (κ1) is 17.9. The summed E-state index contributed by atoms with van der Waals surface area (Å²) in [5.41, 5.74) is 2.98. The van der Waals surface area contributed by atoms with Crippen LogP contribution in [-0.4, -0.2) is 45.0 Å². The summed E-state index contributed by atoms with van der Waals surface area (Å²) in [5.74, 6) is 0.173. The van der Waals surface area contributed by atoms with Gasteiger partial charge in [-0.1, -0.05) is 0 Å². The highest BCUT2D eigenvalue weighted by Gasteiger charge is 2.12. The number of nitrogens with one attached hydrogen (secondary N) is 1. The number of carbonyl (C=O) groups is 1. The second kappa shape index (κ2) is 8.99. The van der Waals surface area contributed by atoms with Crippen LogP contribution in [0.2, 0.25) is 0 Å². The van der Waals surface area contributed by atoms with E-state index in [-0.39, 0.29) is 12.5 Å². The maximum atomic E-state index is 11.8. The minimum atomic E-state index is -0.351. The number of nitriles is 1. The van der Waals surface area contributed by atoms with Gasteiger partial charge in [0.05, 0.1) is 36.1 Å². The number of amides is 1. The number of morpholine rings is 1. The molecule has 1 saturated heterocycles. The molecule has 26 heavy (non-hydrogen) atoms. The lowest BCUT2D eigenvalue weighted by atomic mass is 10.2. The van der Waals surface area contributed by atoms with Gasteiger partial charge in [0.15, 0.2) is 6.61 Å². The second-order valence-electron chi connectivity index (χ2n) is 5.49. The van der Waals surface area contributed by atoms with Crippen molar-refractivity contribution in [1.29, 1.82) is 5.26 Å². The monoisotopic (exact) mass is 370 g/mol. The topological polar surface area (TPSA) is 86.9 Å². The zero-order valence-electron chi connectivity index (χ0n) is 14.1. The summed E-state index contributed by atoms with van der Waals surface area (Å²) in [4.78, 5) is 15.0. The fraction of sp³-hybridized carbons (Fsp3) is 0.278. The molecule has 1 aliphatic rings. The molecule has 0 spiro atoms. The first-order valence-electron chi connectivity index (χ1n) is 8.12. The molecular formula is C18H18N4O3S. The largest absolute Gasteiger partial charge is 0.484 e. The van der Waals surface area contributed by atoms with Crippen LogP contribution in [0, 0.1) is 11.3 Å². The number of carbonyl (C=O) groups excluding carboxylic acids is 1. The molecule has 0 unspecified atom stereocenters. The Bertz CT molecular complexity index is 805. The van der Waals surface area contributed by atoms with Crippen molar-refractivity contribution in [1.82, 2.24) is 5.43 Å². The molecule has 2 heterocycles. The molecule has 1 amide bonds. The molecule has 0 saturated carbocycles. The molecule has 8 heteroatoms. The van der Waals surface area contributed by atoms with E-state index in [1.165, 1.54) is 5.00 Å². The molecule has 2 aromatic rings. The predicted molar refractivity (Wildman–Crippen MR) is 99.7 cm³/mol. The van der Waals surface area contributed by atoms with Gasteiger partial charge in [0, 0.05) is 18.0 Å². The maximum Gasteiger partial charge on any atom is 0.277 e. The number of thiophene rings is 1. The lowest BCUT2D eigenvalue weighted by Crippen LogP contribution is -2.35. The normalized spacial score (nSPS) is 14.2. The summed E-state index contributed by atoms with van der Waals surface area (Å²) < 4.78 is 10.7. The number of hydrogen-bond donors (Lipinski definition) is 1. The van der Waals surface area contributed by atoms with Gasteiger partial charge < -0.3 is 14.4 Å². The van der Waals surface area contributed by atoms with Crippen LogP contribution in [0.5, 0.6) is 5.75 Å². The van der Waals surface area contributed by atoms with E-state index in [0.717, 1.165) is 31.2 Å². The Hall–Kier alpha value is -2.89. The summed E-state index contributed by atoms with van der Waals surface area (Å²) >= 11 is 1.62. The fourth-order valence-corrected chi connectivity index (χ4v) is 3.27. The summed E-state index contributed by atoms with van der Waals surface area (Å²) in [6, 6.07) is 12.6. The van der Waals surface area contributed by atoms with Crippen LogP contribution in [0.3, 0.4) is 0 Å². The highest BCUT2D eigenvalue weighted by Crippen LogP contribution is 2.25. The Morgan fingerprint density at radius 3 is 2.81 bits per heavy atom. The zero-order valence-corrected chi connectivity index (χ0v) is 14.9. The fourth-order valence-electron chi connectivity index (χ4n) is 2.34. The smallest absolute Gasteiger partial charge is 0.277 e.